The molecule has 1 aromatic carbocycles. The molecule has 19 heavy (non-hydrogen) atoms. The van der Waals surface area contributed by atoms with E-state index in [0.717, 1.165) is 11.1 Å². The number of nitrogens with two attached hydrogens (primary N) is 1. The van der Waals surface area contributed by atoms with Crippen molar-refractivity contribution in [2.75, 3.05) is 11.1 Å². The van der Waals surface area contributed by atoms with Crippen LogP contribution in [0.1, 0.15) is 24.2 Å². The first kappa shape index (κ1) is 13.6. The molecule has 0 amide bonds. The highest BCUT2D eigenvalue weighted by molar-refractivity contribution is 6.29. The smallest absolute Gasteiger partial charge is 0.223 e. The first-order chi connectivity index (χ1) is 9.04. The van der Waals surface area contributed by atoms with Gasteiger partial charge in [0.2, 0.25) is 5.95 Å². The van der Waals surface area contributed by atoms with Crippen molar-refractivity contribution in [2.45, 2.75) is 19.6 Å². The van der Waals surface area contributed by atoms with E-state index in [0.29, 0.717) is 17.5 Å². The molecule has 0 bridgehead atoms. The van der Waals surface area contributed by atoms with E-state index in [2.05, 4.69) is 15.3 Å². The number of hydrogen-bond donors (Lipinski definition) is 3. The van der Waals surface area contributed by atoms with Crippen LogP contribution < -0.4 is 11.1 Å². The fourth-order valence-electron chi connectivity index (χ4n) is 1.63. The summed E-state index contributed by atoms with van der Waals surface area (Å²) in [4.78, 5) is 7.81. The molecular formula is C13H15ClN4O. The molecule has 1 heterocycles. The standard InChI is InChI=1S/C13H15ClN4O/c1-8(19)10-4-2-9(3-5-10)7-16-12-6-11(14)17-13(15)18-12/h2-6,8,19H,7H2,1H3,(H3,15,16,17,18)/t8-/m1/s1. The summed E-state index contributed by atoms with van der Waals surface area (Å²) in [5.41, 5.74) is 7.46. The van der Waals surface area contributed by atoms with Crippen LogP contribution in [0.4, 0.5) is 11.8 Å². The van der Waals surface area contributed by atoms with Crippen molar-refractivity contribution in [3.8, 4) is 0 Å². The van der Waals surface area contributed by atoms with Gasteiger partial charge in [-0.3, -0.25) is 0 Å². The molecule has 0 saturated heterocycles. The Labute approximate surface area is 116 Å². The van der Waals surface area contributed by atoms with Gasteiger partial charge in [-0.1, -0.05) is 35.9 Å². The number of hydrogen-bond acceptors (Lipinski definition) is 5. The van der Waals surface area contributed by atoms with Crippen LogP contribution in [-0.4, -0.2) is 15.1 Å². The molecule has 2 aromatic rings. The third-order valence-electron chi connectivity index (χ3n) is 2.65. The molecular weight excluding hydrogens is 264 g/mol. The maximum absolute atomic E-state index is 9.42. The Bertz CT molecular complexity index is 537. The number of nitrogens with zero attached hydrogens (tertiary/aromatic N) is 2. The molecule has 6 heteroatoms. The largest absolute Gasteiger partial charge is 0.389 e. The zero-order chi connectivity index (χ0) is 13.8. The fraction of sp³-hybridized carbons (Fsp3) is 0.231. The minimum atomic E-state index is -0.456. The summed E-state index contributed by atoms with van der Waals surface area (Å²) < 4.78 is 0. The van der Waals surface area contributed by atoms with E-state index in [1.165, 1.54) is 0 Å². The lowest BCUT2D eigenvalue weighted by molar-refractivity contribution is 0.199. The van der Waals surface area contributed by atoms with Gasteiger partial charge in [-0.25, -0.2) is 4.98 Å². The first-order valence-corrected chi connectivity index (χ1v) is 6.23. The van der Waals surface area contributed by atoms with Gasteiger partial charge in [-0.05, 0) is 18.1 Å². The van der Waals surface area contributed by atoms with Crippen molar-refractivity contribution < 1.29 is 5.11 Å². The molecule has 0 aliphatic heterocycles. The predicted octanol–water partition coefficient (Wildman–Crippen LogP) is 2.38. The van der Waals surface area contributed by atoms with E-state index >= 15 is 0 Å². The Morgan fingerprint density at radius 3 is 2.58 bits per heavy atom. The molecule has 0 spiro atoms. The normalized spacial score (nSPS) is 12.2. The molecule has 0 aliphatic rings. The monoisotopic (exact) mass is 278 g/mol. The molecule has 1 aromatic heterocycles. The number of nitrogens with one attached hydrogen (secondary N) is 1. The van der Waals surface area contributed by atoms with Crippen LogP contribution in [0.3, 0.4) is 0 Å². The molecule has 0 aliphatic carbocycles. The molecule has 0 fully saturated rings. The highest BCUT2D eigenvalue weighted by atomic mass is 35.5. The Hall–Kier alpha value is -1.85. The van der Waals surface area contributed by atoms with Gasteiger partial charge < -0.3 is 16.2 Å². The minimum Gasteiger partial charge on any atom is -0.389 e. The second-order valence-corrected chi connectivity index (χ2v) is 4.59. The summed E-state index contributed by atoms with van der Waals surface area (Å²) in [6, 6.07) is 9.29. The number of benzene rings is 1. The molecule has 2 rings (SSSR count). The molecule has 4 N–H and O–H groups in total. The average Bonchev–Trinajstić information content (AvgIpc) is 2.36. The summed E-state index contributed by atoms with van der Waals surface area (Å²) in [5, 5.41) is 12.8. The topological polar surface area (TPSA) is 84.1 Å². The van der Waals surface area contributed by atoms with Crippen LogP contribution in [-0.2, 0) is 6.54 Å². The lowest BCUT2D eigenvalue weighted by Gasteiger charge is -2.08. The van der Waals surface area contributed by atoms with E-state index in [1.54, 1.807) is 13.0 Å². The Kier molecular flexibility index (Phi) is 4.19. The second kappa shape index (κ2) is 5.86. The fourth-order valence-corrected chi connectivity index (χ4v) is 1.82. The second-order valence-electron chi connectivity index (χ2n) is 4.21. The van der Waals surface area contributed by atoms with Gasteiger partial charge in [0.15, 0.2) is 0 Å². The number of aliphatic hydroxyl groups is 1. The summed E-state index contributed by atoms with van der Waals surface area (Å²) in [5.74, 6) is 0.719. The Balaban J connectivity index is 2.02. The molecule has 0 unspecified atom stereocenters. The van der Waals surface area contributed by atoms with E-state index in [9.17, 15) is 5.11 Å². The van der Waals surface area contributed by atoms with Crippen LogP contribution in [0.15, 0.2) is 30.3 Å². The van der Waals surface area contributed by atoms with Crippen LogP contribution in [0, 0.1) is 0 Å². The maximum Gasteiger partial charge on any atom is 0.223 e. The van der Waals surface area contributed by atoms with Crippen molar-refractivity contribution in [1.82, 2.24) is 9.97 Å². The maximum atomic E-state index is 9.42. The van der Waals surface area contributed by atoms with E-state index < -0.39 is 6.10 Å². The summed E-state index contributed by atoms with van der Waals surface area (Å²) in [6.45, 7) is 2.33. The van der Waals surface area contributed by atoms with Gasteiger partial charge in [0.1, 0.15) is 11.0 Å². The average molecular weight is 279 g/mol. The van der Waals surface area contributed by atoms with Gasteiger partial charge in [0.05, 0.1) is 6.10 Å². The zero-order valence-corrected chi connectivity index (χ0v) is 11.2. The first-order valence-electron chi connectivity index (χ1n) is 5.85. The van der Waals surface area contributed by atoms with Crippen molar-refractivity contribution in [3.05, 3.63) is 46.6 Å². The van der Waals surface area contributed by atoms with Crippen LogP contribution in [0.2, 0.25) is 5.15 Å². The third-order valence-corrected chi connectivity index (χ3v) is 2.84. The van der Waals surface area contributed by atoms with E-state index in [-0.39, 0.29) is 5.95 Å². The van der Waals surface area contributed by atoms with E-state index in [4.69, 9.17) is 17.3 Å². The zero-order valence-electron chi connectivity index (χ0n) is 10.5. The lowest BCUT2D eigenvalue weighted by Crippen LogP contribution is -2.04. The molecule has 5 nitrogen and oxygen atoms in total. The van der Waals surface area contributed by atoms with Crippen molar-refractivity contribution in [3.63, 3.8) is 0 Å². The highest BCUT2D eigenvalue weighted by Crippen LogP contribution is 2.15. The molecule has 0 radical (unpaired) electrons. The number of rotatable bonds is 4. The lowest BCUT2D eigenvalue weighted by atomic mass is 10.1. The number of aromatic nitrogens is 2. The quantitative estimate of drug-likeness (QED) is 0.748. The van der Waals surface area contributed by atoms with Gasteiger partial charge in [0, 0.05) is 12.6 Å². The summed E-state index contributed by atoms with van der Waals surface area (Å²) >= 11 is 5.79. The Morgan fingerprint density at radius 2 is 2.00 bits per heavy atom. The predicted molar refractivity (Wildman–Crippen MR) is 75.9 cm³/mol. The van der Waals surface area contributed by atoms with Crippen molar-refractivity contribution in [1.29, 1.82) is 0 Å². The van der Waals surface area contributed by atoms with Gasteiger partial charge in [-0.15, -0.1) is 0 Å². The highest BCUT2D eigenvalue weighted by Gasteiger charge is 2.02. The summed E-state index contributed by atoms with van der Waals surface area (Å²) in [7, 11) is 0. The number of aliphatic hydroxyl groups excluding tert-OH is 1. The number of anilines is 2. The van der Waals surface area contributed by atoms with Crippen LogP contribution >= 0.6 is 11.6 Å². The van der Waals surface area contributed by atoms with Crippen LogP contribution in [0.5, 0.6) is 0 Å². The van der Waals surface area contributed by atoms with Gasteiger partial charge in [0.25, 0.3) is 0 Å². The molecule has 1 atom stereocenters. The summed E-state index contributed by atoms with van der Waals surface area (Å²) in [6.07, 6.45) is -0.456. The van der Waals surface area contributed by atoms with Crippen molar-refractivity contribution >= 4 is 23.4 Å². The Morgan fingerprint density at radius 1 is 1.32 bits per heavy atom. The molecule has 100 valence electrons. The van der Waals surface area contributed by atoms with Crippen molar-refractivity contribution in [2.24, 2.45) is 0 Å². The van der Waals surface area contributed by atoms with Gasteiger partial charge in [-0.2, -0.15) is 4.98 Å². The molecule has 0 saturated carbocycles. The third kappa shape index (κ3) is 3.81. The SMILES string of the molecule is C[C@@H](O)c1ccc(CNc2cc(Cl)nc(N)n2)cc1. The van der Waals surface area contributed by atoms with Crippen LogP contribution in [0.25, 0.3) is 0 Å². The number of nitrogen functional groups attached to an aromatic ring is 1. The number of halogens is 1. The van der Waals surface area contributed by atoms with Gasteiger partial charge >= 0.3 is 0 Å². The minimum absolute atomic E-state index is 0.138. The van der Waals surface area contributed by atoms with E-state index in [1.807, 2.05) is 24.3 Å².